The number of aromatic nitrogens is 2. The minimum Gasteiger partial charge on any atom is -0.378 e. The third-order valence-corrected chi connectivity index (χ3v) is 4.86. The highest BCUT2D eigenvalue weighted by Crippen LogP contribution is 2.13. The minimum absolute atomic E-state index is 0.755. The topological polar surface area (TPSA) is 39.7 Å². The first-order valence-corrected chi connectivity index (χ1v) is 9.91. The van der Waals surface area contributed by atoms with Crippen molar-refractivity contribution in [3.8, 4) is 0 Å². The van der Waals surface area contributed by atoms with Crippen molar-refractivity contribution in [3.05, 3.63) is 77.9 Å². The van der Waals surface area contributed by atoms with Gasteiger partial charge in [0.1, 0.15) is 0 Å². The number of hydrogen-bond donors (Lipinski definition) is 1. The predicted octanol–water partition coefficient (Wildman–Crippen LogP) is 3.10. The number of hydrogen-bond acceptors (Lipinski definition) is 4. The third-order valence-electron chi connectivity index (χ3n) is 4.86. The van der Waals surface area contributed by atoms with E-state index < -0.39 is 0 Å². The summed E-state index contributed by atoms with van der Waals surface area (Å²) in [7, 11) is 8.19. The van der Waals surface area contributed by atoms with Crippen molar-refractivity contribution in [1.29, 1.82) is 0 Å². The molecule has 0 unspecified atom stereocenters. The van der Waals surface area contributed by atoms with E-state index in [0.29, 0.717) is 0 Å². The fourth-order valence-electron chi connectivity index (χ4n) is 3.07. The number of anilines is 2. The summed E-state index contributed by atoms with van der Waals surface area (Å²) < 4.78 is 3.97. The van der Waals surface area contributed by atoms with Gasteiger partial charge in [0.15, 0.2) is 12.4 Å². The van der Waals surface area contributed by atoms with Crippen LogP contribution in [0.15, 0.2) is 66.0 Å². The van der Waals surface area contributed by atoms with Gasteiger partial charge in [0.05, 0.1) is 19.2 Å². The standard InChI is InChI=1S/C23H31N6/c1-6-23-28(24-17-19-7-11-21(12-8-19)26(2)3)15-16-29(23)25-18-20-9-13-22(14-10-20)27(4)5/h7-17,25H,6,18H2,1-5H3/q+1. The van der Waals surface area contributed by atoms with Crippen molar-refractivity contribution in [2.24, 2.45) is 5.10 Å². The Morgan fingerprint density at radius 1 is 0.931 bits per heavy atom. The highest BCUT2D eigenvalue weighted by Gasteiger charge is 2.15. The molecule has 29 heavy (non-hydrogen) atoms. The van der Waals surface area contributed by atoms with Crippen molar-refractivity contribution in [2.75, 3.05) is 43.4 Å². The lowest BCUT2D eigenvalue weighted by molar-refractivity contribution is -0.685. The zero-order chi connectivity index (χ0) is 20.8. The summed E-state index contributed by atoms with van der Waals surface area (Å²) in [4.78, 5) is 4.19. The summed E-state index contributed by atoms with van der Waals surface area (Å²) in [6.07, 6.45) is 6.75. The van der Waals surface area contributed by atoms with E-state index in [4.69, 9.17) is 0 Å². The van der Waals surface area contributed by atoms with Gasteiger partial charge in [-0.05, 0) is 35.4 Å². The molecule has 6 heteroatoms. The minimum atomic E-state index is 0.755. The summed E-state index contributed by atoms with van der Waals surface area (Å²) in [5.41, 5.74) is 8.17. The third kappa shape index (κ3) is 5.16. The molecule has 1 heterocycles. The second-order valence-corrected chi connectivity index (χ2v) is 7.41. The normalized spacial score (nSPS) is 11.1. The zero-order valence-electron chi connectivity index (χ0n) is 18.0. The number of nitrogens with zero attached hydrogens (tertiary/aromatic N) is 5. The molecule has 0 saturated carbocycles. The summed E-state index contributed by atoms with van der Waals surface area (Å²) in [5, 5.41) is 4.64. The average Bonchev–Trinajstić information content (AvgIpc) is 3.13. The molecule has 1 aromatic heterocycles. The van der Waals surface area contributed by atoms with Gasteiger partial charge in [-0.25, -0.2) is 0 Å². The Morgan fingerprint density at radius 3 is 2.07 bits per heavy atom. The second kappa shape index (κ2) is 9.28. The first kappa shape index (κ1) is 20.5. The molecule has 0 atom stereocenters. The van der Waals surface area contributed by atoms with E-state index in [1.54, 1.807) is 0 Å². The largest absolute Gasteiger partial charge is 0.378 e. The molecular weight excluding hydrogens is 360 g/mol. The zero-order valence-corrected chi connectivity index (χ0v) is 18.0. The van der Waals surface area contributed by atoms with E-state index in [2.05, 4.69) is 89.9 Å². The molecule has 0 radical (unpaired) electrons. The van der Waals surface area contributed by atoms with Gasteiger partial charge in [0.25, 0.3) is 0 Å². The van der Waals surface area contributed by atoms with Gasteiger partial charge >= 0.3 is 5.82 Å². The van der Waals surface area contributed by atoms with E-state index in [1.165, 1.54) is 16.9 Å². The van der Waals surface area contributed by atoms with Gasteiger partial charge in [0.2, 0.25) is 0 Å². The van der Waals surface area contributed by atoms with E-state index >= 15 is 0 Å². The van der Waals surface area contributed by atoms with Gasteiger partial charge < -0.3 is 9.80 Å². The number of nitrogens with one attached hydrogen (secondary N) is 1. The maximum absolute atomic E-state index is 4.64. The quantitative estimate of drug-likeness (QED) is 0.474. The van der Waals surface area contributed by atoms with Crippen molar-refractivity contribution in [3.63, 3.8) is 0 Å². The molecule has 0 aliphatic rings. The highest BCUT2D eigenvalue weighted by atomic mass is 15.5. The summed E-state index contributed by atoms with van der Waals surface area (Å²) in [5.74, 6) is 1.09. The van der Waals surface area contributed by atoms with Gasteiger partial charge in [-0.1, -0.05) is 36.3 Å². The lowest BCUT2D eigenvalue weighted by Gasteiger charge is -2.12. The van der Waals surface area contributed by atoms with Crippen LogP contribution in [-0.2, 0) is 13.0 Å². The van der Waals surface area contributed by atoms with Crippen LogP contribution in [0.1, 0.15) is 23.9 Å². The van der Waals surface area contributed by atoms with Crippen LogP contribution in [-0.4, -0.2) is 39.1 Å². The van der Waals surface area contributed by atoms with Crippen LogP contribution >= 0.6 is 0 Å². The van der Waals surface area contributed by atoms with Gasteiger partial charge in [0, 0.05) is 39.6 Å². The Kier molecular flexibility index (Phi) is 6.54. The maximum Gasteiger partial charge on any atom is 0.304 e. The molecule has 3 rings (SSSR count). The van der Waals surface area contributed by atoms with E-state index in [9.17, 15) is 0 Å². The van der Waals surface area contributed by atoms with Crippen LogP contribution in [0.25, 0.3) is 0 Å². The molecule has 0 saturated heterocycles. The number of rotatable bonds is 8. The molecule has 152 valence electrons. The molecule has 0 aliphatic heterocycles. The molecule has 0 aliphatic carbocycles. The van der Waals surface area contributed by atoms with Crippen molar-refractivity contribution < 1.29 is 4.68 Å². The SMILES string of the molecule is CCc1n(NCc2ccc(N(C)C)cc2)cc[n+]1N=Cc1ccc(N(C)C)cc1. The molecule has 0 amide bonds. The lowest BCUT2D eigenvalue weighted by atomic mass is 10.2. The van der Waals surface area contributed by atoms with Crippen molar-refractivity contribution >= 4 is 17.6 Å². The second-order valence-electron chi connectivity index (χ2n) is 7.41. The summed E-state index contributed by atoms with van der Waals surface area (Å²) in [6.45, 7) is 2.89. The van der Waals surface area contributed by atoms with Gasteiger partial charge in [-0.3, -0.25) is 5.43 Å². The van der Waals surface area contributed by atoms with Crippen LogP contribution in [0, 0.1) is 0 Å². The van der Waals surface area contributed by atoms with E-state index in [0.717, 1.165) is 24.4 Å². The van der Waals surface area contributed by atoms with Crippen LogP contribution < -0.4 is 19.9 Å². The molecule has 0 bridgehead atoms. The Hall–Kier alpha value is -3.28. The fourth-order valence-corrected chi connectivity index (χ4v) is 3.07. The Balaban J connectivity index is 1.67. The molecule has 3 aromatic rings. The van der Waals surface area contributed by atoms with Crippen LogP contribution in [0.4, 0.5) is 11.4 Å². The molecular formula is C23H31N6+. The molecule has 6 nitrogen and oxygen atoms in total. The fraction of sp³-hybridized carbons (Fsp3) is 0.304. The maximum atomic E-state index is 4.64. The van der Waals surface area contributed by atoms with Gasteiger partial charge in [-0.15, -0.1) is 9.35 Å². The van der Waals surface area contributed by atoms with Crippen molar-refractivity contribution in [1.82, 2.24) is 4.68 Å². The van der Waals surface area contributed by atoms with E-state index in [-0.39, 0.29) is 0 Å². The summed E-state index contributed by atoms with van der Waals surface area (Å²) in [6, 6.07) is 16.9. The first-order chi connectivity index (χ1) is 14.0. The average molecular weight is 392 g/mol. The molecule has 2 aromatic carbocycles. The smallest absolute Gasteiger partial charge is 0.304 e. The van der Waals surface area contributed by atoms with Crippen LogP contribution in [0.3, 0.4) is 0 Å². The molecule has 0 spiro atoms. The lowest BCUT2D eigenvalue weighted by Crippen LogP contribution is -2.33. The van der Waals surface area contributed by atoms with Crippen LogP contribution in [0.2, 0.25) is 0 Å². The number of benzene rings is 2. The Labute approximate surface area is 173 Å². The first-order valence-electron chi connectivity index (χ1n) is 9.91. The van der Waals surface area contributed by atoms with Crippen molar-refractivity contribution in [2.45, 2.75) is 19.9 Å². The Bertz CT molecular complexity index is 937. The number of imidazole rings is 1. The van der Waals surface area contributed by atoms with Gasteiger partial charge in [-0.2, -0.15) is 0 Å². The molecule has 1 N–H and O–H groups in total. The van der Waals surface area contributed by atoms with E-state index in [1.807, 2.05) is 42.1 Å². The Morgan fingerprint density at radius 2 is 1.52 bits per heavy atom. The predicted molar refractivity (Wildman–Crippen MR) is 122 cm³/mol. The van der Waals surface area contributed by atoms with Crippen LogP contribution in [0.5, 0.6) is 0 Å². The summed E-state index contributed by atoms with van der Waals surface area (Å²) >= 11 is 0. The monoisotopic (exact) mass is 391 g/mol. The molecule has 0 fully saturated rings. The highest BCUT2D eigenvalue weighted by molar-refractivity contribution is 5.79.